The molecular weight excluding hydrogens is 680 g/mol. The molecule has 18 atom stereocenters. The molecule has 0 bridgehead atoms. The first-order valence-corrected chi connectivity index (χ1v) is 18.9. The summed E-state index contributed by atoms with van der Waals surface area (Å²) in [6.45, 7) is 17.1. The minimum atomic E-state index is -1.96. The third kappa shape index (κ3) is 9.38. The third-order valence-corrected chi connectivity index (χ3v) is 12.3. The number of rotatable bonds is 8. The van der Waals surface area contributed by atoms with Crippen LogP contribution in [0.2, 0.25) is 0 Å². The fourth-order valence-corrected chi connectivity index (χ4v) is 8.58. The zero-order valence-electron chi connectivity index (χ0n) is 33.9. The molecule has 10 unspecified atom stereocenters. The standard InChI is InChI=1S/C38H69NO13/c1-15-26-38(10,45)31(42)21(4)28(40)19(2)17-37(9,47-14)33(52-35-29(41)25(39(11)12)16-20(3)48-35)22(5)30(23(6)34(44)50-26)51-27-18-36(8,46-13)32(43)24(7)49-27/h19-27,29-33,35,41-43,45H,15-18H2,1-14H3/t19-,20?,21+,22+,23-,24?,25?,26?,27?,29?,30?,31-,32?,33-,35?,36?,37-,38-/m0/s1/i11+2. The Labute approximate surface area is 310 Å². The molecule has 4 N–H and O–H groups in total. The van der Waals surface area contributed by atoms with Crippen LogP contribution in [0.5, 0.6) is 0 Å². The van der Waals surface area contributed by atoms with Crippen LogP contribution < -0.4 is 0 Å². The number of ether oxygens (including phenoxy) is 7. The second-order valence-corrected chi connectivity index (χ2v) is 16.6. The average molecular weight is 750 g/mol. The van der Waals surface area contributed by atoms with Gasteiger partial charge in [0.2, 0.25) is 0 Å². The molecule has 3 saturated heterocycles. The molecule has 3 aliphatic rings. The normalized spacial score (nSPS) is 49.0. The summed E-state index contributed by atoms with van der Waals surface area (Å²) in [6.07, 6.45) is -8.73. The van der Waals surface area contributed by atoms with E-state index in [1.54, 1.807) is 48.5 Å². The molecule has 0 amide bonds. The fourth-order valence-electron chi connectivity index (χ4n) is 8.58. The number of Topliss-reactive ketones (excluding diaryl/α,β-unsaturated/α-hetero) is 1. The summed E-state index contributed by atoms with van der Waals surface area (Å²) in [5, 5.41) is 45.6. The maximum absolute atomic E-state index is 14.2. The number of carbonyl (C=O) groups is 2. The smallest absolute Gasteiger partial charge is 0.311 e. The molecule has 0 aliphatic carbocycles. The molecule has 0 saturated carbocycles. The number of nitrogens with zero attached hydrogens (tertiary/aromatic N) is 1. The fraction of sp³-hybridized carbons (Fsp3) is 0.947. The molecule has 0 aromatic carbocycles. The van der Waals surface area contributed by atoms with Crippen molar-refractivity contribution in [3.63, 3.8) is 0 Å². The summed E-state index contributed by atoms with van der Waals surface area (Å²) < 4.78 is 43.9. The van der Waals surface area contributed by atoms with Crippen molar-refractivity contribution in [1.82, 2.24) is 4.90 Å². The van der Waals surface area contributed by atoms with Crippen LogP contribution >= 0.6 is 0 Å². The molecule has 0 spiro atoms. The predicted octanol–water partition coefficient (Wildman–Crippen LogP) is 2.44. The van der Waals surface area contributed by atoms with E-state index in [0.717, 1.165) is 0 Å². The summed E-state index contributed by atoms with van der Waals surface area (Å²) in [5.74, 6) is -4.47. The SMILES string of the molecule is CCC1OC(=O)[C@@H](C)C(OC2CC(C)(OC)C(O)C(C)O2)[C@@H](C)[C@H](OC2OC(C)CC(N(C)[14CH3])C2O)[C@@](C)(OC)C[C@H](C)C(=O)[C@@H](C)[C@H](O)[C@@]1(C)O. The predicted molar refractivity (Wildman–Crippen MR) is 191 cm³/mol. The van der Waals surface area contributed by atoms with Gasteiger partial charge in [-0.25, -0.2) is 0 Å². The van der Waals surface area contributed by atoms with Gasteiger partial charge in [0.15, 0.2) is 12.6 Å². The van der Waals surface area contributed by atoms with E-state index in [1.807, 2.05) is 32.8 Å². The van der Waals surface area contributed by atoms with Gasteiger partial charge in [-0.05, 0) is 74.9 Å². The number of hydrogen-bond donors (Lipinski definition) is 4. The first-order chi connectivity index (χ1) is 24.0. The third-order valence-electron chi connectivity index (χ3n) is 12.3. The minimum Gasteiger partial charge on any atom is -0.459 e. The maximum atomic E-state index is 14.2. The quantitative estimate of drug-likeness (QED) is 0.266. The van der Waals surface area contributed by atoms with Crippen LogP contribution in [0, 0.1) is 23.7 Å². The Morgan fingerprint density at radius 3 is 2.02 bits per heavy atom. The van der Waals surface area contributed by atoms with Gasteiger partial charge in [0.05, 0.1) is 47.6 Å². The second kappa shape index (κ2) is 17.7. The monoisotopic (exact) mass is 749 g/mol. The lowest BCUT2D eigenvalue weighted by molar-refractivity contribution is -0.319. The molecule has 52 heavy (non-hydrogen) atoms. The largest absolute Gasteiger partial charge is 0.459 e. The number of cyclic esters (lactones) is 1. The van der Waals surface area contributed by atoms with Crippen LogP contribution in [0.25, 0.3) is 0 Å². The summed E-state index contributed by atoms with van der Waals surface area (Å²) in [7, 11) is 6.77. The number of carbonyl (C=O) groups excluding carboxylic acids is 2. The summed E-state index contributed by atoms with van der Waals surface area (Å²) >= 11 is 0. The Balaban J connectivity index is 2.22. The molecule has 0 radical (unpaired) electrons. The number of aliphatic hydroxyl groups excluding tert-OH is 3. The molecule has 14 heteroatoms. The Kier molecular flexibility index (Phi) is 15.3. The van der Waals surface area contributed by atoms with E-state index < -0.39 is 102 Å². The van der Waals surface area contributed by atoms with Gasteiger partial charge in [-0.2, -0.15) is 0 Å². The zero-order chi connectivity index (χ0) is 39.7. The van der Waals surface area contributed by atoms with E-state index in [9.17, 15) is 30.0 Å². The highest BCUT2D eigenvalue weighted by Crippen LogP contribution is 2.41. The number of esters is 1. The zero-order valence-corrected chi connectivity index (χ0v) is 33.9. The van der Waals surface area contributed by atoms with Crippen molar-refractivity contribution in [3.8, 4) is 0 Å². The van der Waals surface area contributed by atoms with E-state index >= 15 is 0 Å². The van der Waals surface area contributed by atoms with Crippen molar-refractivity contribution in [3.05, 3.63) is 0 Å². The van der Waals surface area contributed by atoms with Gasteiger partial charge >= 0.3 is 5.97 Å². The average Bonchev–Trinajstić information content (AvgIpc) is 3.09. The molecule has 0 aromatic rings. The topological polar surface area (TPSA) is 183 Å². The van der Waals surface area contributed by atoms with Crippen molar-refractivity contribution < 1.29 is 63.2 Å². The molecule has 3 aliphatic heterocycles. The van der Waals surface area contributed by atoms with Gasteiger partial charge in [0, 0.05) is 44.4 Å². The molecule has 3 fully saturated rings. The van der Waals surface area contributed by atoms with Crippen LogP contribution in [0.3, 0.4) is 0 Å². The Hall–Kier alpha value is -1.30. The minimum absolute atomic E-state index is 0.111. The highest BCUT2D eigenvalue weighted by atomic mass is 16.7. The highest BCUT2D eigenvalue weighted by Gasteiger charge is 2.54. The van der Waals surface area contributed by atoms with Crippen LogP contribution in [0.4, 0.5) is 0 Å². The van der Waals surface area contributed by atoms with Crippen molar-refractivity contribution in [2.45, 2.75) is 179 Å². The van der Waals surface area contributed by atoms with Crippen LogP contribution in [0.1, 0.15) is 94.9 Å². The molecule has 304 valence electrons. The van der Waals surface area contributed by atoms with E-state index in [1.165, 1.54) is 21.1 Å². The highest BCUT2D eigenvalue weighted by molar-refractivity contribution is 5.83. The van der Waals surface area contributed by atoms with Gasteiger partial charge < -0.3 is 58.5 Å². The van der Waals surface area contributed by atoms with E-state index in [-0.39, 0.29) is 37.2 Å². The van der Waals surface area contributed by atoms with Gasteiger partial charge in [-0.3, -0.25) is 9.59 Å². The summed E-state index contributed by atoms with van der Waals surface area (Å²) in [4.78, 5) is 30.1. The van der Waals surface area contributed by atoms with Gasteiger partial charge in [0.1, 0.15) is 29.7 Å². The lowest BCUT2D eigenvalue weighted by Gasteiger charge is -2.50. The summed E-state index contributed by atoms with van der Waals surface area (Å²) in [5.41, 5.74) is -4.24. The molecule has 3 heterocycles. The number of aliphatic hydroxyl groups is 4. The van der Waals surface area contributed by atoms with Crippen LogP contribution in [-0.2, 0) is 42.7 Å². The number of likely N-dealkylation sites (N-methyl/N-ethyl adjacent to an activating group) is 1. The summed E-state index contributed by atoms with van der Waals surface area (Å²) in [6, 6.07) is -0.283. The van der Waals surface area contributed by atoms with Crippen molar-refractivity contribution >= 4 is 11.8 Å². The van der Waals surface area contributed by atoms with Gasteiger partial charge in [-0.15, -0.1) is 0 Å². The molecule has 14 nitrogen and oxygen atoms in total. The molecule has 3 rings (SSSR count). The van der Waals surface area contributed by atoms with Gasteiger partial charge in [0.25, 0.3) is 0 Å². The first-order valence-electron chi connectivity index (χ1n) is 18.9. The Morgan fingerprint density at radius 2 is 1.48 bits per heavy atom. The number of methoxy groups -OCH3 is 2. The van der Waals surface area contributed by atoms with Crippen molar-refractivity contribution in [2.75, 3.05) is 28.3 Å². The Bertz CT molecular complexity index is 1190. The first kappa shape index (κ1) is 45.1. The van der Waals surface area contributed by atoms with E-state index in [2.05, 4.69) is 0 Å². The molecular formula is C38H69NO13. The lowest BCUT2D eigenvalue weighted by atomic mass is 9.74. The molecule has 0 aromatic heterocycles. The van der Waals surface area contributed by atoms with E-state index in [4.69, 9.17) is 33.2 Å². The number of ketones is 1. The number of hydrogen-bond acceptors (Lipinski definition) is 14. The Morgan fingerprint density at radius 1 is 0.885 bits per heavy atom. The van der Waals surface area contributed by atoms with Gasteiger partial charge in [-0.1, -0.05) is 27.7 Å². The van der Waals surface area contributed by atoms with Crippen molar-refractivity contribution in [1.29, 1.82) is 0 Å². The van der Waals surface area contributed by atoms with Crippen molar-refractivity contribution in [2.24, 2.45) is 23.7 Å². The maximum Gasteiger partial charge on any atom is 0.311 e. The van der Waals surface area contributed by atoms with Crippen LogP contribution in [-0.4, -0.2) is 150 Å². The lowest BCUT2D eigenvalue weighted by Crippen LogP contribution is -2.61. The second-order valence-electron chi connectivity index (χ2n) is 16.6. The van der Waals surface area contributed by atoms with E-state index in [0.29, 0.717) is 6.42 Å². The van der Waals surface area contributed by atoms with Crippen LogP contribution in [0.15, 0.2) is 0 Å².